The third kappa shape index (κ3) is 5.94. The lowest BCUT2D eigenvalue weighted by Crippen LogP contribution is -2.75. The van der Waals surface area contributed by atoms with Crippen LogP contribution in [0, 0.1) is 6.92 Å². The Hall–Kier alpha value is -8.19. The van der Waals surface area contributed by atoms with Crippen molar-refractivity contribution in [2.24, 2.45) is 0 Å². The van der Waals surface area contributed by atoms with Gasteiger partial charge >= 0.3 is 0 Å². The number of aryl methyl sites for hydroxylation is 1. The van der Waals surface area contributed by atoms with Crippen molar-refractivity contribution >= 4 is 173 Å². The molecule has 362 valence electrons. The van der Waals surface area contributed by atoms with Crippen molar-refractivity contribution in [3.8, 4) is 22.3 Å². The second kappa shape index (κ2) is 16.7. The molecule has 0 spiro atoms. The molecular formula is C71H44B2Br2N2Si. The largest absolute Gasteiger partial charge is 0.311 e. The van der Waals surface area contributed by atoms with Gasteiger partial charge in [-0.25, -0.2) is 0 Å². The molecule has 13 aromatic carbocycles. The van der Waals surface area contributed by atoms with Crippen molar-refractivity contribution < 1.29 is 0 Å². The van der Waals surface area contributed by atoms with E-state index in [0.29, 0.717) is 0 Å². The fraction of sp³-hybridized carbons (Fsp3) is 0.0141. The lowest BCUT2D eigenvalue weighted by molar-refractivity contribution is 1.29. The maximum Gasteiger partial charge on any atom is 0.248 e. The van der Waals surface area contributed by atoms with Crippen molar-refractivity contribution in [2.75, 3.05) is 9.80 Å². The summed E-state index contributed by atoms with van der Waals surface area (Å²) in [5.74, 6) is 0. The average molecular weight is 1130 g/mol. The van der Waals surface area contributed by atoms with E-state index in [9.17, 15) is 0 Å². The molecule has 78 heavy (non-hydrogen) atoms. The van der Waals surface area contributed by atoms with Crippen molar-refractivity contribution in [3.05, 3.63) is 263 Å². The molecule has 0 N–H and O–H groups in total. The van der Waals surface area contributed by atoms with Crippen molar-refractivity contribution in [1.82, 2.24) is 0 Å². The van der Waals surface area contributed by atoms with Crippen molar-refractivity contribution in [2.45, 2.75) is 6.92 Å². The highest BCUT2D eigenvalue weighted by atomic mass is 79.9. The number of rotatable bonds is 6. The van der Waals surface area contributed by atoms with Gasteiger partial charge in [0.2, 0.25) is 13.4 Å². The standard InChI is InChI=1S/C71H44B2Br2N2Si/c1-43-35-52-54-36-44(74)38-63-70(54)73(58-32-18-20-34-62(58)76(63)46-21-7-2-8-22-46)60-41-56-65(78(48-25-11-4-12-26-48,49-27-13-5-14-28-49)50-29-15-6-16-30-50)42-53-55-37-45(75)39-64-71(55)72(59-40-51(43)68(66(52)60)69(56)67(53)59)57-31-17-19-33-61(57)77(64)47-23-9-3-10-24-47/h2-42H,1H3. The fourth-order valence-corrected chi connectivity index (χ4v) is 21.0. The second-order valence-electron chi connectivity index (χ2n) is 21.7. The van der Waals surface area contributed by atoms with Gasteiger partial charge in [0.25, 0.3) is 0 Å². The monoisotopic (exact) mass is 1130 g/mol. The van der Waals surface area contributed by atoms with Crippen LogP contribution in [0.1, 0.15) is 5.56 Å². The Kier molecular flexibility index (Phi) is 9.59. The van der Waals surface area contributed by atoms with Gasteiger partial charge in [-0.15, -0.1) is 0 Å². The normalized spacial score (nSPS) is 13.5. The Labute approximate surface area is 472 Å². The maximum absolute atomic E-state index is 4.19. The third-order valence-electron chi connectivity index (χ3n) is 17.9. The van der Waals surface area contributed by atoms with E-state index in [1.54, 1.807) is 0 Å². The first-order chi connectivity index (χ1) is 38.5. The number of hydrogen-bond donors (Lipinski definition) is 0. The number of para-hydroxylation sites is 4. The van der Waals surface area contributed by atoms with Gasteiger partial charge in [0.1, 0.15) is 0 Å². The van der Waals surface area contributed by atoms with Gasteiger partial charge in [0, 0.05) is 43.1 Å². The summed E-state index contributed by atoms with van der Waals surface area (Å²) in [7, 11) is -3.23. The molecule has 0 amide bonds. The molecule has 0 saturated carbocycles. The summed E-state index contributed by atoms with van der Waals surface area (Å²) in [6.07, 6.45) is 0. The maximum atomic E-state index is 4.19. The topological polar surface area (TPSA) is 6.48 Å². The van der Waals surface area contributed by atoms with Gasteiger partial charge in [0.05, 0.1) is 0 Å². The highest BCUT2D eigenvalue weighted by molar-refractivity contribution is 9.10. The van der Waals surface area contributed by atoms with Crippen LogP contribution in [0.25, 0.3) is 54.6 Å². The van der Waals surface area contributed by atoms with Gasteiger partial charge < -0.3 is 9.80 Å². The number of anilines is 6. The van der Waals surface area contributed by atoms with E-state index in [2.05, 4.69) is 297 Å². The highest BCUT2D eigenvalue weighted by Crippen LogP contribution is 2.50. The smallest absolute Gasteiger partial charge is 0.248 e. The van der Waals surface area contributed by atoms with E-state index < -0.39 is 8.07 Å². The van der Waals surface area contributed by atoms with Crippen LogP contribution in [0.15, 0.2) is 258 Å². The predicted molar refractivity (Wildman–Crippen MR) is 343 cm³/mol. The Bertz CT molecular complexity index is 4580. The molecule has 4 aliphatic heterocycles. The van der Waals surface area contributed by atoms with Crippen LogP contribution in [0.3, 0.4) is 0 Å². The summed E-state index contributed by atoms with van der Waals surface area (Å²) in [6.45, 7) is 2.33. The molecule has 0 aliphatic carbocycles. The Morgan fingerprint density at radius 3 is 1.18 bits per heavy atom. The molecule has 4 heterocycles. The first kappa shape index (κ1) is 44.9. The van der Waals surface area contributed by atoms with Crippen molar-refractivity contribution in [3.63, 3.8) is 0 Å². The van der Waals surface area contributed by atoms with E-state index in [-0.39, 0.29) is 13.4 Å². The minimum Gasteiger partial charge on any atom is -0.311 e. The molecule has 7 heteroatoms. The number of halogens is 2. The van der Waals surface area contributed by atoms with Crippen LogP contribution in [0.5, 0.6) is 0 Å². The summed E-state index contributed by atoms with van der Waals surface area (Å²) in [5, 5.41) is 13.7. The summed E-state index contributed by atoms with van der Waals surface area (Å²) in [6, 6.07) is 95.2. The number of benzene rings is 13. The molecule has 2 nitrogen and oxygen atoms in total. The zero-order valence-corrected chi connectivity index (χ0v) is 46.6. The fourth-order valence-electron chi connectivity index (χ4n) is 15.1. The summed E-state index contributed by atoms with van der Waals surface area (Å²) in [5.41, 5.74) is 21.8. The Balaban J connectivity index is 1.11. The van der Waals surface area contributed by atoms with E-state index in [0.717, 1.165) is 20.3 Å². The van der Waals surface area contributed by atoms with Crippen LogP contribution in [-0.2, 0) is 0 Å². The van der Waals surface area contributed by atoms with Gasteiger partial charge in [-0.1, -0.05) is 231 Å². The van der Waals surface area contributed by atoms with Crippen LogP contribution >= 0.6 is 31.9 Å². The van der Waals surface area contributed by atoms with Gasteiger partial charge in [-0.3, -0.25) is 0 Å². The lowest BCUT2D eigenvalue weighted by atomic mass is 9.31. The molecule has 0 fully saturated rings. The first-order valence-electron chi connectivity index (χ1n) is 27.0. The molecule has 0 saturated heterocycles. The van der Waals surface area contributed by atoms with Crippen LogP contribution in [0.4, 0.5) is 34.1 Å². The van der Waals surface area contributed by atoms with Gasteiger partial charge in [0.15, 0.2) is 8.07 Å². The minimum absolute atomic E-state index is 0.0107. The molecule has 0 unspecified atom stereocenters. The molecule has 4 aliphatic rings. The first-order valence-corrected chi connectivity index (χ1v) is 30.6. The van der Waals surface area contributed by atoms with Crippen LogP contribution in [-0.4, -0.2) is 21.5 Å². The van der Waals surface area contributed by atoms with Gasteiger partial charge in [-0.05, 0) is 170 Å². The summed E-state index contributed by atoms with van der Waals surface area (Å²) < 4.78 is 2.14. The minimum atomic E-state index is -3.23. The second-order valence-corrected chi connectivity index (χ2v) is 27.3. The van der Waals surface area contributed by atoms with E-state index in [4.69, 9.17) is 0 Å². The Morgan fingerprint density at radius 1 is 0.333 bits per heavy atom. The molecular weight excluding hydrogens is 1090 g/mol. The van der Waals surface area contributed by atoms with E-state index in [1.165, 1.54) is 136 Å². The molecule has 0 bridgehead atoms. The highest BCUT2D eigenvalue weighted by Gasteiger charge is 2.49. The van der Waals surface area contributed by atoms with E-state index in [1.807, 2.05) is 0 Å². The predicted octanol–water partition coefficient (Wildman–Crippen LogP) is 12.4. The molecule has 0 radical (unpaired) electrons. The lowest BCUT2D eigenvalue weighted by Gasteiger charge is -2.43. The number of hydrogen-bond acceptors (Lipinski definition) is 2. The molecule has 0 atom stereocenters. The van der Waals surface area contributed by atoms with Crippen LogP contribution < -0.4 is 63.3 Å². The summed E-state index contributed by atoms with van der Waals surface area (Å²) in [4.78, 5) is 5.01. The van der Waals surface area contributed by atoms with Crippen LogP contribution in [0.2, 0.25) is 0 Å². The Morgan fingerprint density at radius 2 is 0.718 bits per heavy atom. The molecule has 17 rings (SSSR count). The van der Waals surface area contributed by atoms with E-state index >= 15 is 0 Å². The molecule has 13 aromatic rings. The average Bonchev–Trinajstić information content (AvgIpc) is 3.08. The summed E-state index contributed by atoms with van der Waals surface area (Å²) >= 11 is 8.31. The van der Waals surface area contributed by atoms with Crippen molar-refractivity contribution in [1.29, 1.82) is 0 Å². The zero-order chi connectivity index (χ0) is 51.5. The van der Waals surface area contributed by atoms with Gasteiger partial charge in [-0.2, -0.15) is 0 Å². The molecule has 0 aromatic heterocycles. The quantitative estimate of drug-likeness (QED) is 0.0930. The third-order valence-corrected chi connectivity index (χ3v) is 23.6. The number of fused-ring (bicyclic) bond motifs is 8. The number of nitrogens with zero attached hydrogens (tertiary/aromatic N) is 2. The zero-order valence-electron chi connectivity index (χ0n) is 42.5. The SMILES string of the molecule is Cc1cc2c3c(cc4c([Si](c5ccccc5)(c5ccccc5)c5ccccc5)cc5c6c(cc1c3c46)B1c3ccccc3N(c3ccccc3)c3cc(Br)cc-5c31)B1c3ccccc3N(c3ccccc3)c3cc(Br)cc-2c31.